The third-order valence-corrected chi connectivity index (χ3v) is 2.76. The van der Waals surface area contributed by atoms with Gasteiger partial charge in [0.25, 0.3) is 0 Å². The van der Waals surface area contributed by atoms with Gasteiger partial charge >= 0.3 is 0 Å². The quantitative estimate of drug-likeness (QED) is 0.637. The summed E-state index contributed by atoms with van der Waals surface area (Å²) in [6.45, 7) is 0.215. The molecule has 0 saturated carbocycles. The molecule has 0 aliphatic rings. The van der Waals surface area contributed by atoms with Gasteiger partial charge in [-0.1, -0.05) is 34.5 Å². The van der Waals surface area contributed by atoms with Gasteiger partial charge in [0.15, 0.2) is 5.78 Å². The van der Waals surface area contributed by atoms with Crippen molar-refractivity contribution < 1.29 is 9.90 Å². The summed E-state index contributed by atoms with van der Waals surface area (Å²) in [5.74, 6) is 0.181. The molecular weight excluding hydrogens is 256 g/mol. The van der Waals surface area contributed by atoms with Crippen LogP contribution < -0.4 is 0 Å². The molecule has 0 radical (unpaired) electrons. The molecule has 0 aromatic heterocycles. The van der Waals surface area contributed by atoms with Gasteiger partial charge in [0, 0.05) is 23.1 Å². The van der Waals surface area contributed by atoms with Crippen molar-refractivity contribution >= 4 is 21.7 Å². The van der Waals surface area contributed by atoms with Crippen molar-refractivity contribution in [1.29, 1.82) is 0 Å². The zero-order valence-corrected chi connectivity index (χ0v) is 10.2. The predicted molar refractivity (Wildman–Crippen MR) is 64.0 cm³/mol. The molecule has 0 unspecified atom stereocenters. The third kappa shape index (κ3) is 4.58. The fourth-order valence-corrected chi connectivity index (χ4v) is 1.62. The Bertz CT molecular complexity index is 306. The lowest BCUT2D eigenvalue weighted by Crippen LogP contribution is -1.98. The molecule has 0 heterocycles. The van der Waals surface area contributed by atoms with E-state index in [0.717, 1.165) is 29.3 Å². The van der Waals surface area contributed by atoms with E-state index in [-0.39, 0.29) is 12.4 Å². The molecule has 1 N–H and O–H groups in total. The molecule has 0 fully saturated rings. The maximum Gasteiger partial charge on any atom is 0.162 e. The monoisotopic (exact) mass is 270 g/mol. The summed E-state index contributed by atoms with van der Waals surface area (Å²) in [7, 11) is 0. The van der Waals surface area contributed by atoms with E-state index in [0.29, 0.717) is 6.42 Å². The van der Waals surface area contributed by atoms with Gasteiger partial charge in [0.05, 0.1) is 0 Å². The lowest BCUT2D eigenvalue weighted by molar-refractivity contribution is 0.0978. The molecule has 0 aliphatic carbocycles. The van der Waals surface area contributed by atoms with Crippen LogP contribution >= 0.6 is 15.9 Å². The van der Waals surface area contributed by atoms with Crippen molar-refractivity contribution in [3.63, 3.8) is 0 Å². The fourth-order valence-electron chi connectivity index (χ4n) is 1.35. The lowest BCUT2D eigenvalue weighted by Gasteiger charge is -2.00. The minimum atomic E-state index is 0.181. The van der Waals surface area contributed by atoms with Gasteiger partial charge in [0.1, 0.15) is 0 Å². The smallest absolute Gasteiger partial charge is 0.162 e. The summed E-state index contributed by atoms with van der Waals surface area (Å²) in [6.07, 6.45) is 3.13. The Balaban J connectivity index is 2.37. The van der Waals surface area contributed by atoms with Crippen LogP contribution in [0.1, 0.15) is 36.0 Å². The Hall–Kier alpha value is -0.670. The number of carbonyl (C=O) groups is 1. The van der Waals surface area contributed by atoms with Crippen LogP contribution in [0, 0.1) is 0 Å². The standard InChI is InChI=1S/C12H15BrO2/c13-11-7-5-10(6-8-11)12(15)4-2-1-3-9-14/h5-8,14H,1-4,9H2. The summed E-state index contributed by atoms with van der Waals surface area (Å²) in [4.78, 5) is 11.6. The zero-order valence-electron chi connectivity index (χ0n) is 8.58. The van der Waals surface area contributed by atoms with Gasteiger partial charge in [-0.2, -0.15) is 0 Å². The molecule has 82 valence electrons. The second-order valence-electron chi connectivity index (χ2n) is 3.46. The Morgan fingerprint density at radius 3 is 2.40 bits per heavy atom. The molecule has 0 aliphatic heterocycles. The Morgan fingerprint density at radius 1 is 1.13 bits per heavy atom. The molecule has 0 atom stereocenters. The van der Waals surface area contributed by atoms with Gasteiger partial charge in [-0.3, -0.25) is 4.79 Å². The van der Waals surface area contributed by atoms with Gasteiger partial charge in [-0.25, -0.2) is 0 Å². The van der Waals surface area contributed by atoms with E-state index >= 15 is 0 Å². The minimum absolute atomic E-state index is 0.181. The highest BCUT2D eigenvalue weighted by atomic mass is 79.9. The minimum Gasteiger partial charge on any atom is -0.396 e. The largest absolute Gasteiger partial charge is 0.396 e. The fraction of sp³-hybridized carbons (Fsp3) is 0.417. The van der Waals surface area contributed by atoms with E-state index in [1.165, 1.54) is 0 Å². The number of aliphatic hydroxyl groups is 1. The van der Waals surface area contributed by atoms with Crippen molar-refractivity contribution in [2.45, 2.75) is 25.7 Å². The first-order valence-electron chi connectivity index (χ1n) is 5.13. The SMILES string of the molecule is O=C(CCCCCO)c1ccc(Br)cc1. The van der Waals surface area contributed by atoms with Gasteiger partial charge in [-0.05, 0) is 25.0 Å². The molecule has 3 heteroatoms. The highest BCUT2D eigenvalue weighted by molar-refractivity contribution is 9.10. The second-order valence-corrected chi connectivity index (χ2v) is 4.38. The van der Waals surface area contributed by atoms with Crippen LogP contribution in [0.25, 0.3) is 0 Å². The summed E-state index contributed by atoms with van der Waals surface area (Å²) in [5, 5.41) is 8.59. The summed E-state index contributed by atoms with van der Waals surface area (Å²) < 4.78 is 0.985. The first kappa shape index (κ1) is 12.4. The van der Waals surface area contributed by atoms with Gasteiger partial charge in [-0.15, -0.1) is 0 Å². The second kappa shape index (κ2) is 6.75. The lowest BCUT2D eigenvalue weighted by atomic mass is 10.1. The van der Waals surface area contributed by atoms with E-state index in [1.807, 2.05) is 24.3 Å². The highest BCUT2D eigenvalue weighted by Crippen LogP contribution is 2.13. The van der Waals surface area contributed by atoms with Crippen LogP contribution in [0.3, 0.4) is 0 Å². The number of benzene rings is 1. The first-order valence-corrected chi connectivity index (χ1v) is 5.93. The van der Waals surface area contributed by atoms with Crippen molar-refractivity contribution in [3.8, 4) is 0 Å². The number of rotatable bonds is 6. The Labute approximate surface area is 98.4 Å². The molecule has 0 amide bonds. The summed E-state index contributed by atoms with van der Waals surface area (Å²) >= 11 is 3.33. The molecule has 15 heavy (non-hydrogen) atoms. The molecule has 0 saturated heterocycles. The van der Waals surface area contributed by atoms with Crippen LogP contribution in [0.15, 0.2) is 28.7 Å². The van der Waals surface area contributed by atoms with Gasteiger partial charge < -0.3 is 5.11 Å². The topological polar surface area (TPSA) is 37.3 Å². The third-order valence-electron chi connectivity index (χ3n) is 2.23. The molecule has 1 rings (SSSR count). The van der Waals surface area contributed by atoms with Gasteiger partial charge in [0.2, 0.25) is 0 Å². The zero-order chi connectivity index (χ0) is 11.1. The number of hydrogen-bond donors (Lipinski definition) is 1. The summed E-state index contributed by atoms with van der Waals surface area (Å²) in [6, 6.07) is 7.42. The van der Waals surface area contributed by atoms with E-state index in [2.05, 4.69) is 15.9 Å². The Morgan fingerprint density at radius 2 is 1.80 bits per heavy atom. The number of Topliss-reactive ketones (excluding diaryl/α,β-unsaturated/α-hetero) is 1. The van der Waals surface area contributed by atoms with E-state index in [1.54, 1.807) is 0 Å². The number of ketones is 1. The molecular formula is C12H15BrO2. The van der Waals surface area contributed by atoms with Crippen molar-refractivity contribution in [2.24, 2.45) is 0 Å². The maximum atomic E-state index is 11.6. The van der Waals surface area contributed by atoms with Crippen molar-refractivity contribution in [2.75, 3.05) is 6.61 Å². The van der Waals surface area contributed by atoms with Crippen LogP contribution in [0.2, 0.25) is 0 Å². The average Bonchev–Trinajstić information content (AvgIpc) is 2.25. The molecule has 1 aromatic carbocycles. The Kier molecular flexibility index (Phi) is 5.58. The van der Waals surface area contributed by atoms with Crippen LogP contribution in [-0.4, -0.2) is 17.5 Å². The van der Waals surface area contributed by atoms with E-state index < -0.39 is 0 Å². The number of halogens is 1. The molecule has 0 spiro atoms. The van der Waals surface area contributed by atoms with E-state index in [4.69, 9.17) is 5.11 Å². The van der Waals surface area contributed by atoms with Crippen LogP contribution in [-0.2, 0) is 0 Å². The van der Waals surface area contributed by atoms with E-state index in [9.17, 15) is 4.79 Å². The molecule has 0 bridgehead atoms. The highest BCUT2D eigenvalue weighted by Gasteiger charge is 2.04. The first-order chi connectivity index (χ1) is 7.24. The van der Waals surface area contributed by atoms with Crippen LogP contribution in [0.5, 0.6) is 0 Å². The van der Waals surface area contributed by atoms with Crippen molar-refractivity contribution in [1.82, 2.24) is 0 Å². The number of aliphatic hydroxyl groups excluding tert-OH is 1. The number of carbonyl (C=O) groups excluding carboxylic acids is 1. The van der Waals surface area contributed by atoms with Crippen LogP contribution in [0.4, 0.5) is 0 Å². The normalized spacial score (nSPS) is 10.3. The predicted octanol–water partition coefficient (Wildman–Crippen LogP) is 3.18. The summed E-state index contributed by atoms with van der Waals surface area (Å²) in [5.41, 5.74) is 0.766. The number of hydrogen-bond acceptors (Lipinski definition) is 2. The van der Waals surface area contributed by atoms with Crippen molar-refractivity contribution in [3.05, 3.63) is 34.3 Å². The number of unbranched alkanes of at least 4 members (excludes halogenated alkanes) is 2. The molecule has 2 nitrogen and oxygen atoms in total. The average molecular weight is 271 g/mol. The molecule has 1 aromatic rings. The maximum absolute atomic E-state index is 11.6.